The van der Waals surface area contributed by atoms with Gasteiger partial charge in [0.1, 0.15) is 0 Å². The third-order valence-electron chi connectivity index (χ3n) is 3.89. The lowest BCUT2D eigenvalue weighted by Gasteiger charge is -2.02. The van der Waals surface area contributed by atoms with Crippen LogP contribution in [0.5, 0.6) is 0 Å². The number of carbonyl (C=O) groups excluding carboxylic acids is 1. The zero-order valence-electron chi connectivity index (χ0n) is 11.6. The summed E-state index contributed by atoms with van der Waals surface area (Å²) in [5.41, 5.74) is 5.73. The van der Waals surface area contributed by atoms with Crippen molar-refractivity contribution in [1.29, 1.82) is 0 Å². The van der Waals surface area contributed by atoms with Gasteiger partial charge in [-0.2, -0.15) is 0 Å². The van der Waals surface area contributed by atoms with E-state index in [-0.39, 0.29) is 5.91 Å². The van der Waals surface area contributed by atoms with Crippen LogP contribution in [0.3, 0.4) is 0 Å². The van der Waals surface area contributed by atoms with Gasteiger partial charge >= 0.3 is 0 Å². The van der Waals surface area contributed by atoms with Crippen LogP contribution in [0.2, 0.25) is 0 Å². The summed E-state index contributed by atoms with van der Waals surface area (Å²) in [6.07, 6.45) is 1.92. The molecule has 2 heterocycles. The van der Waals surface area contributed by atoms with Gasteiger partial charge < -0.3 is 10.3 Å². The SMILES string of the molecule is Cc1cccc2c1/C(=C/c1cc3ccccc3[nH]1)C(=O)N2. The molecule has 0 aliphatic carbocycles. The van der Waals surface area contributed by atoms with Crippen molar-refractivity contribution in [3.05, 3.63) is 65.4 Å². The van der Waals surface area contributed by atoms with Crippen molar-refractivity contribution in [2.45, 2.75) is 6.92 Å². The van der Waals surface area contributed by atoms with Crippen LogP contribution < -0.4 is 5.32 Å². The molecule has 0 spiro atoms. The van der Waals surface area contributed by atoms with E-state index in [1.807, 2.05) is 49.4 Å². The van der Waals surface area contributed by atoms with Crippen molar-refractivity contribution in [2.75, 3.05) is 5.32 Å². The van der Waals surface area contributed by atoms with E-state index in [0.29, 0.717) is 0 Å². The zero-order valence-corrected chi connectivity index (χ0v) is 11.6. The average Bonchev–Trinajstić information content (AvgIpc) is 3.01. The van der Waals surface area contributed by atoms with Crippen LogP contribution in [-0.2, 0) is 4.79 Å². The predicted octanol–water partition coefficient (Wildman–Crippen LogP) is 3.97. The molecule has 1 aromatic heterocycles. The van der Waals surface area contributed by atoms with Crippen LogP contribution in [-0.4, -0.2) is 10.9 Å². The van der Waals surface area contributed by atoms with Crippen molar-refractivity contribution in [2.24, 2.45) is 0 Å². The third-order valence-corrected chi connectivity index (χ3v) is 3.89. The van der Waals surface area contributed by atoms with Crippen LogP contribution in [0.4, 0.5) is 5.69 Å². The Kier molecular flexibility index (Phi) is 2.48. The molecule has 0 saturated heterocycles. The lowest BCUT2D eigenvalue weighted by molar-refractivity contribution is -0.110. The first kappa shape index (κ1) is 12.0. The van der Waals surface area contributed by atoms with E-state index >= 15 is 0 Å². The van der Waals surface area contributed by atoms with E-state index in [9.17, 15) is 4.79 Å². The summed E-state index contributed by atoms with van der Waals surface area (Å²) in [6.45, 7) is 2.03. The first-order valence-corrected chi connectivity index (χ1v) is 6.93. The molecule has 2 N–H and O–H groups in total. The van der Waals surface area contributed by atoms with Gasteiger partial charge in [0.25, 0.3) is 5.91 Å². The number of nitrogens with one attached hydrogen (secondary N) is 2. The highest BCUT2D eigenvalue weighted by atomic mass is 16.2. The summed E-state index contributed by atoms with van der Waals surface area (Å²) < 4.78 is 0. The zero-order chi connectivity index (χ0) is 14.4. The van der Waals surface area contributed by atoms with Gasteiger partial charge in [-0.15, -0.1) is 0 Å². The van der Waals surface area contributed by atoms with E-state index in [2.05, 4.69) is 22.4 Å². The summed E-state index contributed by atoms with van der Waals surface area (Å²) in [5, 5.41) is 4.07. The molecular weight excluding hydrogens is 260 g/mol. The molecule has 0 radical (unpaired) electrons. The van der Waals surface area contributed by atoms with Crippen LogP contribution in [0.25, 0.3) is 22.6 Å². The maximum atomic E-state index is 12.2. The maximum absolute atomic E-state index is 12.2. The molecule has 0 saturated carbocycles. The van der Waals surface area contributed by atoms with Crippen LogP contribution in [0.15, 0.2) is 48.5 Å². The van der Waals surface area contributed by atoms with Gasteiger partial charge in [-0.1, -0.05) is 30.3 Å². The van der Waals surface area contributed by atoms with Gasteiger partial charge in [0, 0.05) is 22.5 Å². The summed E-state index contributed by atoms with van der Waals surface area (Å²) in [7, 11) is 0. The molecule has 3 heteroatoms. The number of aromatic amines is 1. The van der Waals surface area contributed by atoms with Gasteiger partial charge in [-0.25, -0.2) is 0 Å². The highest BCUT2D eigenvalue weighted by Crippen LogP contribution is 2.35. The number of hydrogen-bond acceptors (Lipinski definition) is 1. The van der Waals surface area contributed by atoms with Crippen molar-refractivity contribution in [3.8, 4) is 0 Å². The highest BCUT2D eigenvalue weighted by molar-refractivity contribution is 6.35. The number of fused-ring (bicyclic) bond motifs is 2. The molecule has 21 heavy (non-hydrogen) atoms. The number of hydrogen-bond donors (Lipinski definition) is 2. The van der Waals surface area contributed by atoms with Gasteiger partial charge in [0.15, 0.2) is 0 Å². The fourth-order valence-corrected chi connectivity index (χ4v) is 2.90. The third kappa shape index (κ3) is 1.86. The first-order valence-electron chi connectivity index (χ1n) is 6.93. The van der Waals surface area contributed by atoms with Gasteiger partial charge in [-0.05, 0) is 42.1 Å². The molecule has 3 aromatic rings. The highest BCUT2D eigenvalue weighted by Gasteiger charge is 2.25. The van der Waals surface area contributed by atoms with Gasteiger partial charge in [-0.3, -0.25) is 4.79 Å². The van der Waals surface area contributed by atoms with Crippen LogP contribution >= 0.6 is 0 Å². The number of para-hydroxylation sites is 1. The topological polar surface area (TPSA) is 44.9 Å². The molecule has 3 nitrogen and oxygen atoms in total. The largest absolute Gasteiger partial charge is 0.355 e. The lowest BCUT2D eigenvalue weighted by Crippen LogP contribution is -2.03. The number of rotatable bonds is 1. The summed E-state index contributed by atoms with van der Waals surface area (Å²) in [4.78, 5) is 15.5. The number of anilines is 1. The monoisotopic (exact) mass is 274 g/mol. The summed E-state index contributed by atoms with van der Waals surface area (Å²) in [5.74, 6) is -0.0436. The van der Waals surface area contributed by atoms with E-state index in [0.717, 1.165) is 39.0 Å². The first-order chi connectivity index (χ1) is 10.2. The van der Waals surface area contributed by atoms with Gasteiger partial charge in [0.2, 0.25) is 0 Å². The number of aromatic nitrogens is 1. The Morgan fingerprint density at radius 2 is 1.90 bits per heavy atom. The smallest absolute Gasteiger partial charge is 0.256 e. The van der Waals surface area contributed by atoms with Crippen molar-refractivity contribution in [3.63, 3.8) is 0 Å². The number of benzene rings is 2. The molecule has 102 valence electrons. The molecule has 1 aliphatic rings. The second-order valence-corrected chi connectivity index (χ2v) is 5.32. The van der Waals surface area contributed by atoms with E-state index in [1.54, 1.807) is 0 Å². The Morgan fingerprint density at radius 1 is 1.05 bits per heavy atom. The minimum Gasteiger partial charge on any atom is -0.355 e. The fraction of sp³-hybridized carbons (Fsp3) is 0.0556. The Balaban J connectivity index is 1.88. The number of H-pyrrole nitrogens is 1. The normalized spacial score (nSPS) is 15.5. The van der Waals surface area contributed by atoms with E-state index in [1.165, 1.54) is 0 Å². The minimum atomic E-state index is -0.0436. The molecule has 2 aromatic carbocycles. The molecule has 0 unspecified atom stereocenters. The quantitative estimate of drug-likeness (QED) is 0.648. The lowest BCUT2D eigenvalue weighted by atomic mass is 10.0. The Bertz CT molecular complexity index is 869. The minimum absolute atomic E-state index is 0.0436. The van der Waals surface area contributed by atoms with Crippen molar-refractivity contribution in [1.82, 2.24) is 4.98 Å². The Hall–Kier alpha value is -2.81. The van der Waals surface area contributed by atoms with Crippen LogP contribution in [0.1, 0.15) is 16.8 Å². The standard InChI is InChI=1S/C18H14N2O/c1-11-5-4-8-16-17(11)14(18(21)20-16)10-13-9-12-6-2-3-7-15(12)19-13/h2-10,19H,1H3,(H,20,21)/b14-10-. The molecule has 0 fully saturated rings. The second-order valence-electron chi connectivity index (χ2n) is 5.32. The van der Waals surface area contributed by atoms with E-state index in [4.69, 9.17) is 0 Å². The fourth-order valence-electron chi connectivity index (χ4n) is 2.90. The Morgan fingerprint density at radius 3 is 2.76 bits per heavy atom. The molecule has 4 rings (SSSR count). The second kappa shape index (κ2) is 4.35. The summed E-state index contributed by atoms with van der Waals surface area (Å²) >= 11 is 0. The number of aryl methyl sites for hydroxylation is 1. The average molecular weight is 274 g/mol. The van der Waals surface area contributed by atoms with Crippen molar-refractivity contribution >= 4 is 34.1 Å². The molecule has 1 amide bonds. The molecular formula is C18H14N2O. The Labute approximate surface area is 122 Å². The molecule has 1 aliphatic heterocycles. The predicted molar refractivity (Wildman–Crippen MR) is 86.0 cm³/mol. The maximum Gasteiger partial charge on any atom is 0.256 e. The molecule has 0 atom stereocenters. The van der Waals surface area contributed by atoms with E-state index < -0.39 is 0 Å². The molecule has 0 bridgehead atoms. The summed E-state index contributed by atoms with van der Waals surface area (Å²) in [6, 6.07) is 16.1. The van der Waals surface area contributed by atoms with Crippen molar-refractivity contribution < 1.29 is 4.79 Å². The number of carbonyl (C=O) groups is 1. The van der Waals surface area contributed by atoms with Gasteiger partial charge in [0.05, 0.1) is 5.57 Å². The van der Waals surface area contributed by atoms with Crippen LogP contribution in [0, 0.1) is 6.92 Å². The number of amides is 1.